The minimum absolute atomic E-state index is 0.0177. The third kappa shape index (κ3) is 5.47. The molecule has 0 heterocycles. The molecule has 3 nitrogen and oxygen atoms in total. The van der Waals surface area contributed by atoms with E-state index in [0.717, 1.165) is 24.2 Å². The van der Waals surface area contributed by atoms with E-state index in [2.05, 4.69) is 37.9 Å². The number of rotatable bonds is 7. The zero-order chi connectivity index (χ0) is 15.2. The van der Waals surface area contributed by atoms with E-state index >= 15 is 0 Å². The summed E-state index contributed by atoms with van der Waals surface area (Å²) in [6, 6.07) is 4.87. The van der Waals surface area contributed by atoms with Crippen LogP contribution in [0.3, 0.4) is 0 Å². The first-order valence-corrected chi connectivity index (χ1v) is 7.26. The van der Waals surface area contributed by atoms with E-state index in [9.17, 15) is 9.50 Å². The fraction of sp³-hybridized carbons (Fsp3) is 0.625. The van der Waals surface area contributed by atoms with Crippen LogP contribution in [-0.2, 0) is 6.54 Å². The maximum atomic E-state index is 13.5. The Bertz CT molecular complexity index is 409. The Morgan fingerprint density at radius 1 is 1.25 bits per heavy atom. The van der Waals surface area contributed by atoms with Crippen LogP contribution in [0.15, 0.2) is 18.2 Å². The molecule has 0 spiro atoms. The van der Waals surface area contributed by atoms with Crippen molar-refractivity contribution >= 4 is 5.69 Å². The summed E-state index contributed by atoms with van der Waals surface area (Å²) in [5.74, 6) is -0.222. The van der Waals surface area contributed by atoms with E-state index in [4.69, 9.17) is 0 Å². The summed E-state index contributed by atoms with van der Waals surface area (Å²) in [7, 11) is 0. The lowest BCUT2D eigenvalue weighted by Crippen LogP contribution is -2.36. The molecule has 0 fully saturated rings. The highest BCUT2D eigenvalue weighted by Crippen LogP contribution is 2.22. The minimum atomic E-state index is -0.222. The van der Waals surface area contributed by atoms with Gasteiger partial charge in [-0.25, -0.2) is 4.39 Å². The Labute approximate surface area is 121 Å². The van der Waals surface area contributed by atoms with Crippen LogP contribution in [0.2, 0.25) is 0 Å². The van der Waals surface area contributed by atoms with Crippen LogP contribution in [0.1, 0.15) is 39.7 Å². The lowest BCUT2D eigenvalue weighted by Gasteiger charge is -2.28. The monoisotopic (exact) mass is 282 g/mol. The minimum Gasteiger partial charge on any atom is -0.395 e. The van der Waals surface area contributed by atoms with Crippen molar-refractivity contribution in [3.8, 4) is 0 Å². The van der Waals surface area contributed by atoms with Gasteiger partial charge in [0.05, 0.1) is 6.61 Å². The van der Waals surface area contributed by atoms with Crippen molar-refractivity contribution in [2.75, 3.05) is 24.6 Å². The summed E-state index contributed by atoms with van der Waals surface area (Å²) in [6.45, 7) is 10.5. The van der Waals surface area contributed by atoms with Crippen molar-refractivity contribution in [3.63, 3.8) is 0 Å². The average molecular weight is 282 g/mol. The molecule has 1 aromatic carbocycles. The van der Waals surface area contributed by atoms with E-state index in [-0.39, 0.29) is 18.0 Å². The van der Waals surface area contributed by atoms with Crippen molar-refractivity contribution in [1.29, 1.82) is 0 Å². The van der Waals surface area contributed by atoms with Crippen LogP contribution in [0, 0.1) is 5.82 Å². The average Bonchev–Trinajstić information content (AvgIpc) is 2.35. The van der Waals surface area contributed by atoms with Gasteiger partial charge in [-0.3, -0.25) is 0 Å². The summed E-state index contributed by atoms with van der Waals surface area (Å²) in [6.07, 6.45) is 0.990. The van der Waals surface area contributed by atoms with Crippen molar-refractivity contribution in [2.45, 2.75) is 46.2 Å². The van der Waals surface area contributed by atoms with Gasteiger partial charge in [0.15, 0.2) is 0 Å². The number of hydrogen-bond acceptors (Lipinski definition) is 3. The number of nitrogens with zero attached hydrogens (tertiary/aromatic N) is 1. The molecule has 0 radical (unpaired) electrons. The predicted molar refractivity (Wildman–Crippen MR) is 82.6 cm³/mol. The van der Waals surface area contributed by atoms with E-state index in [1.54, 1.807) is 12.1 Å². The molecule has 2 N–H and O–H groups in total. The molecule has 0 unspecified atom stereocenters. The van der Waals surface area contributed by atoms with Crippen LogP contribution in [0.25, 0.3) is 0 Å². The zero-order valence-electron chi connectivity index (χ0n) is 13.0. The second kappa shape index (κ2) is 7.60. The third-order valence-corrected chi connectivity index (χ3v) is 3.05. The lowest BCUT2D eigenvalue weighted by molar-refractivity contribution is 0.301. The molecule has 0 aliphatic carbocycles. The van der Waals surface area contributed by atoms with Crippen molar-refractivity contribution in [1.82, 2.24) is 5.32 Å². The SMILES string of the molecule is CCCN(CCO)c1ccc(F)cc1CNC(C)(C)C. The molecule has 20 heavy (non-hydrogen) atoms. The Balaban J connectivity index is 2.98. The van der Waals surface area contributed by atoms with Gasteiger partial charge >= 0.3 is 0 Å². The fourth-order valence-electron chi connectivity index (χ4n) is 2.11. The molecular formula is C16H27FN2O. The highest BCUT2D eigenvalue weighted by Gasteiger charge is 2.14. The van der Waals surface area contributed by atoms with Crippen LogP contribution < -0.4 is 10.2 Å². The molecule has 0 aliphatic rings. The molecule has 0 aromatic heterocycles. The summed E-state index contributed by atoms with van der Waals surface area (Å²) in [4.78, 5) is 2.11. The standard InChI is InChI=1S/C16H27FN2O/c1-5-8-19(9-10-20)15-7-6-14(17)11-13(15)12-18-16(2,3)4/h6-7,11,18,20H,5,8-10,12H2,1-4H3. The van der Waals surface area contributed by atoms with Crippen molar-refractivity contribution in [2.24, 2.45) is 0 Å². The predicted octanol–water partition coefficient (Wildman–Crippen LogP) is 2.92. The summed E-state index contributed by atoms with van der Waals surface area (Å²) in [5, 5.41) is 12.6. The largest absolute Gasteiger partial charge is 0.395 e. The van der Waals surface area contributed by atoms with E-state index in [1.807, 2.05) is 0 Å². The number of aliphatic hydroxyl groups excluding tert-OH is 1. The molecule has 114 valence electrons. The van der Waals surface area contributed by atoms with Gasteiger partial charge in [-0.15, -0.1) is 0 Å². The first-order chi connectivity index (χ1) is 9.37. The maximum absolute atomic E-state index is 13.5. The maximum Gasteiger partial charge on any atom is 0.123 e. The first kappa shape index (κ1) is 16.9. The van der Waals surface area contributed by atoms with Gasteiger partial charge < -0.3 is 15.3 Å². The second-order valence-corrected chi connectivity index (χ2v) is 6.09. The fourth-order valence-corrected chi connectivity index (χ4v) is 2.11. The molecule has 0 amide bonds. The van der Waals surface area contributed by atoms with Gasteiger partial charge in [-0.1, -0.05) is 6.92 Å². The molecule has 0 atom stereocenters. The van der Waals surface area contributed by atoms with Gasteiger partial charge in [-0.2, -0.15) is 0 Å². The summed E-state index contributed by atoms with van der Waals surface area (Å²) < 4.78 is 13.5. The molecule has 0 saturated heterocycles. The van der Waals surface area contributed by atoms with Crippen LogP contribution in [0.4, 0.5) is 10.1 Å². The number of aliphatic hydroxyl groups is 1. The quantitative estimate of drug-likeness (QED) is 0.807. The van der Waals surface area contributed by atoms with E-state index < -0.39 is 0 Å². The lowest BCUT2D eigenvalue weighted by atomic mass is 10.1. The smallest absolute Gasteiger partial charge is 0.123 e. The molecule has 0 aliphatic heterocycles. The molecule has 1 rings (SSSR count). The molecule has 0 bridgehead atoms. The molecule has 0 saturated carbocycles. The highest BCUT2D eigenvalue weighted by atomic mass is 19.1. The summed E-state index contributed by atoms with van der Waals surface area (Å²) in [5.41, 5.74) is 1.91. The van der Waals surface area contributed by atoms with E-state index in [1.165, 1.54) is 6.07 Å². The van der Waals surface area contributed by atoms with Gasteiger partial charge in [0.1, 0.15) is 5.82 Å². The van der Waals surface area contributed by atoms with Crippen molar-refractivity contribution < 1.29 is 9.50 Å². The van der Waals surface area contributed by atoms with Gasteiger partial charge in [-0.05, 0) is 51.0 Å². The Kier molecular flexibility index (Phi) is 6.43. The Hall–Kier alpha value is -1.13. The van der Waals surface area contributed by atoms with Crippen LogP contribution in [-0.4, -0.2) is 30.3 Å². The van der Waals surface area contributed by atoms with Crippen LogP contribution >= 0.6 is 0 Å². The zero-order valence-corrected chi connectivity index (χ0v) is 13.0. The molecule has 4 heteroatoms. The number of halogens is 1. The number of hydrogen-bond donors (Lipinski definition) is 2. The van der Waals surface area contributed by atoms with E-state index in [0.29, 0.717) is 13.1 Å². The number of benzene rings is 1. The molecule has 1 aromatic rings. The molecular weight excluding hydrogens is 255 g/mol. The van der Waals surface area contributed by atoms with Gasteiger partial charge in [0, 0.05) is 30.9 Å². The third-order valence-electron chi connectivity index (χ3n) is 3.05. The second-order valence-electron chi connectivity index (χ2n) is 6.09. The Morgan fingerprint density at radius 3 is 2.50 bits per heavy atom. The topological polar surface area (TPSA) is 35.5 Å². The summed E-state index contributed by atoms with van der Waals surface area (Å²) >= 11 is 0. The van der Waals surface area contributed by atoms with Crippen molar-refractivity contribution in [3.05, 3.63) is 29.6 Å². The Morgan fingerprint density at radius 2 is 1.95 bits per heavy atom. The van der Waals surface area contributed by atoms with Gasteiger partial charge in [0.25, 0.3) is 0 Å². The number of nitrogens with one attached hydrogen (secondary N) is 1. The van der Waals surface area contributed by atoms with Crippen LogP contribution in [0.5, 0.6) is 0 Å². The first-order valence-electron chi connectivity index (χ1n) is 7.26. The highest BCUT2D eigenvalue weighted by molar-refractivity contribution is 5.54. The van der Waals surface area contributed by atoms with Gasteiger partial charge in [0.2, 0.25) is 0 Å². The number of anilines is 1. The normalized spacial score (nSPS) is 11.7.